The third kappa shape index (κ3) is 1.84. The van der Waals surface area contributed by atoms with E-state index in [1.54, 1.807) is 0 Å². The lowest BCUT2D eigenvalue weighted by atomic mass is 10.1. The van der Waals surface area contributed by atoms with Gasteiger partial charge in [0.05, 0.1) is 17.6 Å². The third-order valence-corrected chi connectivity index (χ3v) is 1.74. The average Bonchev–Trinajstić information content (AvgIpc) is 2.45. The summed E-state index contributed by atoms with van der Waals surface area (Å²) in [6.45, 7) is 5.72. The molecule has 6 nitrogen and oxygen atoms in total. The van der Waals surface area contributed by atoms with Crippen LogP contribution in [0.15, 0.2) is 6.20 Å². The molecule has 1 heterocycles. The molecule has 0 aliphatic heterocycles. The van der Waals surface area contributed by atoms with Gasteiger partial charge in [-0.2, -0.15) is 0 Å². The lowest BCUT2D eigenvalue weighted by Crippen LogP contribution is -2.22. The van der Waals surface area contributed by atoms with Crippen molar-refractivity contribution in [2.75, 3.05) is 7.11 Å². The van der Waals surface area contributed by atoms with Gasteiger partial charge in [-0.05, 0) is 20.8 Å². The Morgan fingerprint density at radius 3 is 2.43 bits per heavy atom. The van der Waals surface area contributed by atoms with E-state index in [0.717, 1.165) is 0 Å². The van der Waals surface area contributed by atoms with Crippen LogP contribution in [-0.4, -0.2) is 21.8 Å². The summed E-state index contributed by atoms with van der Waals surface area (Å²) in [5.41, 5.74) is -0.399. The summed E-state index contributed by atoms with van der Waals surface area (Å²) in [6, 6.07) is 0. The normalized spacial score (nSPS) is 11.4. The van der Waals surface area contributed by atoms with E-state index in [9.17, 15) is 10.1 Å². The van der Waals surface area contributed by atoms with Crippen molar-refractivity contribution >= 4 is 5.69 Å². The van der Waals surface area contributed by atoms with Gasteiger partial charge >= 0.3 is 11.6 Å². The summed E-state index contributed by atoms with van der Waals surface area (Å²) < 4.78 is 6.33. The van der Waals surface area contributed by atoms with Crippen LogP contribution in [0.5, 0.6) is 5.88 Å². The van der Waals surface area contributed by atoms with Crippen LogP contribution in [0.3, 0.4) is 0 Å². The number of rotatable bonds is 2. The third-order valence-electron chi connectivity index (χ3n) is 1.74. The van der Waals surface area contributed by atoms with E-state index in [2.05, 4.69) is 5.10 Å². The maximum absolute atomic E-state index is 10.6. The molecule has 6 heteroatoms. The Morgan fingerprint density at radius 2 is 2.14 bits per heavy atom. The van der Waals surface area contributed by atoms with Gasteiger partial charge < -0.3 is 4.74 Å². The molecule has 0 N–H and O–H groups in total. The van der Waals surface area contributed by atoms with E-state index < -0.39 is 4.92 Å². The minimum atomic E-state index is -0.506. The number of hydrogen-bond acceptors (Lipinski definition) is 4. The van der Waals surface area contributed by atoms with E-state index >= 15 is 0 Å². The van der Waals surface area contributed by atoms with Gasteiger partial charge in [0, 0.05) is 0 Å². The van der Waals surface area contributed by atoms with E-state index in [1.807, 2.05) is 20.8 Å². The second-order valence-corrected chi connectivity index (χ2v) is 3.90. The van der Waals surface area contributed by atoms with E-state index in [1.165, 1.54) is 18.0 Å². The molecule has 0 fully saturated rings. The van der Waals surface area contributed by atoms with Gasteiger partial charge in [0.1, 0.15) is 6.20 Å². The van der Waals surface area contributed by atoms with Crippen molar-refractivity contribution in [3.8, 4) is 5.88 Å². The molecule has 0 radical (unpaired) electrons. The van der Waals surface area contributed by atoms with Crippen LogP contribution in [0.1, 0.15) is 20.8 Å². The molecule has 0 spiro atoms. The van der Waals surface area contributed by atoms with Gasteiger partial charge in [-0.25, -0.2) is 0 Å². The number of nitro groups is 1. The second kappa shape index (κ2) is 3.28. The molecular weight excluding hydrogens is 186 g/mol. The number of aromatic nitrogens is 2. The van der Waals surface area contributed by atoms with Crippen molar-refractivity contribution in [2.24, 2.45) is 0 Å². The highest BCUT2D eigenvalue weighted by Gasteiger charge is 2.24. The highest BCUT2D eigenvalue weighted by molar-refractivity contribution is 5.38. The number of ether oxygens (including phenoxy) is 1. The smallest absolute Gasteiger partial charge is 0.350 e. The molecule has 1 rings (SSSR count). The van der Waals surface area contributed by atoms with Crippen molar-refractivity contribution < 1.29 is 9.66 Å². The quantitative estimate of drug-likeness (QED) is 0.535. The molecular formula is C8H13N3O3. The fourth-order valence-electron chi connectivity index (χ4n) is 0.963. The summed E-state index contributed by atoms with van der Waals surface area (Å²) in [5.74, 6) is 0.0462. The highest BCUT2D eigenvalue weighted by atomic mass is 16.6. The van der Waals surface area contributed by atoms with Gasteiger partial charge in [-0.15, -0.1) is 5.10 Å². The fourth-order valence-corrected chi connectivity index (χ4v) is 0.963. The molecule has 0 saturated heterocycles. The monoisotopic (exact) mass is 199 g/mol. The van der Waals surface area contributed by atoms with Crippen LogP contribution < -0.4 is 4.74 Å². The Hall–Kier alpha value is -1.59. The molecule has 0 aliphatic carbocycles. The van der Waals surface area contributed by atoms with Crippen LogP contribution in [-0.2, 0) is 5.54 Å². The molecule has 1 aromatic rings. The molecule has 0 atom stereocenters. The summed E-state index contributed by atoms with van der Waals surface area (Å²) in [5, 5.41) is 14.6. The lowest BCUT2D eigenvalue weighted by molar-refractivity contribution is -0.385. The fraction of sp³-hybridized carbons (Fsp3) is 0.625. The van der Waals surface area contributed by atoms with Gasteiger partial charge in [-0.3, -0.25) is 14.8 Å². The zero-order valence-corrected chi connectivity index (χ0v) is 8.64. The van der Waals surface area contributed by atoms with Gasteiger partial charge in [-0.1, -0.05) is 0 Å². The van der Waals surface area contributed by atoms with E-state index in [4.69, 9.17) is 4.74 Å². The maximum atomic E-state index is 10.6. The Kier molecular flexibility index (Phi) is 2.46. The SMILES string of the molecule is COc1nn(C(C)(C)C)cc1[N+](=O)[O-]. The largest absolute Gasteiger partial charge is 0.475 e. The van der Waals surface area contributed by atoms with E-state index in [-0.39, 0.29) is 17.1 Å². The Labute approximate surface area is 81.6 Å². The van der Waals surface area contributed by atoms with Crippen LogP contribution in [0.2, 0.25) is 0 Å². The summed E-state index contributed by atoms with van der Waals surface area (Å²) in [6.07, 6.45) is 1.37. The van der Waals surface area contributed by atoms with Crippen LogP contribution >= 0.6 is 0 Å². The predicted molar refractivity (Wildman–Crippen MR) is 50.4 cm³/mol. The molecule has 0 bridgehead atoms. The maximum Gasteiger partial charge on any atom is 0.350 e. The zero-order valence-electron chi connectivity index (χ0n) is 8.64. The minimum Gasteiger partial charge on any atom is -0.475 e. The van der Waals surface area contributed by atoms with E-state index in [0.29, 0.717) is 0 Å². The van der Waals surface area contributed by atoms with Crippen molar-refractivity contribution in [3.63, 3.8) is 0 Å². The highest BCUT2D eigenvalue weighted by Crippen LogP contribution is 2.27. The molecule has 1 aromatic heterocycles. The van der Waals surface area contributed by atoms with Crippen LogP contribution in [0.4, 0.5) is 5.69 Å². The predicted octanol–water partition coefficient (Wildman–Crippen LogP) is 1.55. The first kappa shape index (κ1) is 10.5. The number of nitrogens with zero attached hydrogens (tertiary/aromatic N) is 3. The standard InChI is InChI=1S/C8H13N3O3/c1-8(2,3)10-5-6(11(12)13)7(9-10)14-4/h5H,1-4H3. The van der Waals surface area contributed by atoms with Crippen molar-refractivity contribution in [1.82, 2.24) is 9.78 Å². The van der Waals surface area contributed by atoms with Crippen LogP contribution in [0, 0.1) is 10.1 Å². The van der Waals surface area contributed by atoms with Crippen molar-refractivity contribution in [1.29, 1.82) is 0 Å². The first-order chi connectivity index (χ1) is 6.36. The number of hydrogen-bond donors (Lipinski definition) is 0. The van der Waals surface area contributed by atoms with Crippen LogP contribution in [0.25, 0.3) is 0 Å². The van der Waals surface area contributed by atoms with Crippen molar-refractivity contribution in [2.45, 2.75) is 26.3 Å². The Balaban J connectivity index is 3.20. The topological polar surface area (TPSA) is 70.2 Å². The molecule has 0 aromatic carbocycles. The first-order valence-electron chi connectivity index (χ1n) is 4.15. The average molecular weight is 199 g/mol. The number of methoxy groups -OCH3 is 1. The summed E-state index contributed by atoms with van der Waals surface area (Å²) in [7, 11) is 1.36. The summed E-state index contributed by atoms with van der Waals surface area (Å²) in [4.78, 5) is 10.1. The van der Waals surface area contributed by atoms with Gasteiger partial charge in [0.15, 0.2) is 0 Å². The first-order valence-corrected chi connectivity index (χ1v) is 4.15. The zero-order chi connectivity index (χ0) is 10.9. The summed E-state index contributed by atoms with van der Waals surface area (Å²) >= 11 is 0. The Bertz CT molecular complexity index is 351. The lowest BCUT2D eigenvalue weighted by Gasteiger charge is -2.17. The second-order valence-electron chi connectivity index (χ2n) is 3.90. The molecule has 0 amide bonds. The molecule has 0 unspecified atom stereocenters. The molecule has 78 valence electrons. The molecule has 0 saturated carbocycles. The van der Waals surface area contributed by atoms with Gasteiger partial charge in [0.25, 0.3) is 0 Å². The van der Waals surface area contributed by atoms with Gasteiger partial charge in [0.2, 0.25) is 0 Å². The van der Waals surface area contributed by atoms with Crippen molar-refractivity contribution in [3.05, 3.63) is 16.3 Å². The Morgan fingerprint density at radius 1 is 1.57 bits per heavy atom. The molecule has 14 heavy (non-hydrogen) atoms. The minimum absolute atomic E-state index is 0.0462. The molecule has 0 aliphatic rings.